The van der Waals surface area contributed by atoms with Gasteiger partial charge in [0.2, 0.25) is 0 Å². The smallest absolute Gasteiger partial charge is 0.258 e. The molecule has 4 saturated carbocycles. The van der Waals surface area contributed by atoms with Crippen LogP contribution >= 0.6 is 11.6 Å². The lowest BCUT2D eigenvalue weighted by Crippen LogP contribution is -2.60. The Balaban J connectivity index is 1.11. The van der Waals surface area contributed by atoms with E-state index in [0.717, 1.165) is 37.0 Å². The number of benzene rings is 2. The van der Waals surface area contributed by atoms with Gasteiger partial charge >= 0.3 is 0 Å². The molecule has 0 aliphatic heterocycles. The summed E-state index contributed by atoms with van der Waals surface area (Å²) in [6.45, 7) is 0.567. The van der Waals surface area contributed by atoms with Gasteiger partial charge in [-0.3, -0.25) is 9.59 Å². The van der Waals surface area contributed by atoms with E-state index in [1.165, 1.54) is 19.3 Å². The van der Waals surface area contributed by atoms with Crippen molar-refractivity contribution in [2.45, 2.75) is 44.1 Å². The Morgan fingerprint density at radius 2 is 1.56 bits per heavy atom. The molecule has 180 valence electrons. The second kappa shape index (κ2) is 9.87. The fourth-order valence-corrected chi connectivity index (χ4v) is 6.60. The molecule has 0 aromatic heterocycles. The Hall–Kier alpha value is -2.73. The average Bonchev–Trinajstić information content (AvgIpc) is 2.80. The first-order chi connectivity index (χ1) is 16.5. The summed E-state index contributed by atoms with van der Waals surface area (Å²) in [5, 5.41) is 6.80. The van der Waals surface area contributed by atoms with E-state index >= 15 is 0 Å². The van der Waals surface area contributed by atoms with E-state index in [9.17, 15) is 9.59 Å². The van der Waals surface area contributed by atoms with Gasteiger partial charge in [-0.25, -0.2) is 0 Å². The largest absolute Gasteiger partial charge is 0.492 e. The summed E-state index contributed by atoms with van der Waals surface area (Å²) in [5.74, 6) is 3.01. The van der Waals surface area contributed by atoms with Gasteiger partial charge in [-0.1, -0.05) is 23.7 Å². The predicted molar refractivity (Wildman–Crippen MR) is 130 cm³/mol. The number of ether oxygens (including phenoxy) is 2. The van der Waals surface area contributed by atoms with Gasteiger partial charge in [-0.15, -0.1) is 0 Å². The maximum absolute atomic E-state index is 12.8. The fourth-order valence-electron chi connectivity index (χ4n) is 6.48. The third-order valence-electron chi connectivity index (χ3n) is 7.40. The minimum Gasteiger partial charge on any atom is -0.492 e. The molecule has 4 fully saturated rings. The molecule has 4 aliphatic carbocycles. The number of nitrogens with one attached hydrogen (secondary N) is 2. The minimum atomic E-state index is -0.267. The average molecular weight is 483 g/mol. The first-order valence-corrected chi connectivity index (χ1v) is 12.6. The zero-order chi connectivity index (χ0) is 23.5. The number of rotatable bonds is 9. The molecule has 4 bridgehead atoms. The van der Waals surface area contributed by atoms with Crippen molar-refractivity contribution in [3.63, 3.8) is 0 Å². The number of halogens is 1. The second-order valence-corrected chi connectivity index (χ2v) is 10.5. The van der Waals surface area contributed by atoms with Gasteiger partial charge in [0, 0.05) is 10.6 Å². The van der Waals surface area contributed by atoms with Crippen molar-refractivity contribution < 1.29 is 19.1 Å². The molecule has 0 unspecified atom stereocenters. The van der Waals surface area contributed by atoms with Crippen LogP contribution in [0.4, 0.5) is 0 Å². The molecule has 0 heterocycles. The van der Waals surface area contributed by atoms with E-state index < -0.39 is 0 Å². The fraction of sp³-hybridized carbons (Fsp3) is 0.481. The normalized spacial score (nSPS) is 26.7. The third kappa shape index (κ3) is 5.33. The molecule has 0 atom stereocenters. The number of hydrogen-bond acceptors (Lipinski definition) is 4. The molecule has 0 radical (unpaired) electrons. The van der Waals surface area contributed by atoms with Crippen LogP contribution in [0.1, 0.15) is 48.9 Å². The lowest BCUT2D eigenvalue weighted by Gasteiger charge is -2.56. The van der Waals surface area contributed by atoms with Crippen LogP contribution in [0.3, 0.4) is 0 Å². The van der Waals surface area contributed by atoms with Crippen molar-refractivity contribution in [2.24, 2.45) is 17.8 Å². The van der Waals surface area contributed by atoms with E-state index in [4.69, 9.17) is 21.1 Å². The summed E-state index contributed by atoms with van der Waals surface area (Å²) in [6, 6.07) is 14.1. The highest BCUT2D eigenvalue weighted by atomic mass is 35.5. The lowest BCUT2D eigenvalue weighted by molar-refractivity contribution is -0.128. The maximum atomic E-state index is 12.8. The Labute approximate surface area is 205 Å². The zero-order valence-corrected chi connectivity index (χ0v) is 20.0. The Bertz CT molecular complexity index is 1000. The molecule has 2 amide bonds. The van der Waals surface area contributed by atoms with Gasteiger partial charge in [0.15, 0.2) is 6.61 Å². The van der Waals surface area contributed by atoms with Crippen molar-refractivity contribution >= 4 is 23.4 Å². The van der Waals surface area contributed by atoms with Crippen molar-refractivity contribution in [1.82, 2.24) is 10.6 Å². The van der Waals surface area contributed by atoms with E-state index in [2.05, 4.69) is 10.6 Å². The van der Waals surface area contributed by atoms with Gasteiger partial charge in [0.1, 0.15) is 18.1 Å². The predicted octanol–water partition coefficient (Wildman–Crippen LogP) is 4.61. The van der Waals surface area contributed by atoms with E-state index in [-0.39, 0.29) is 24.0 Å². The van der Waals surface area contributed by atoms with Crippen molar-refractivity contribution in [3.05, 3.63) is 59.1 Å². The zero-order valence-electron chi connectivity index (χ0n) is 19.2. The first-order valence-electron chi connectivity index (χ1n) is 12.2. The Kier molecular flexibility index (Phi) is 6.68. The topological polar surface area (TPSA) is 76.7 Å². The molecule has 0 saturated heterocycles. The van der Waals surface area contributed by atoms with Gasteiger partial charge in [-0.05, 0) is 92.7 Å². The standard InChI is InChI=1S/C27H31ClN2O4/c28-21-5-7-22(8-6-21)33-10-9-29-26(32)23-3-1-2-4-24(23)34-17-25(31)30-27-14-18-11-19(15-27)13-20(12-18)16-27/h1-8,18-20H,9-17H2,(H,29,32)(H,30,31). The summed E-state index contributed by atoms with van der Waals surface area (Å²) < 4.78 is 11.4. The third-order valence-corrected chi connectivity index (χ3v) is 7.66. The summed E-state index contributed by atoms with van der Waals surface area (Å²) >= 11 is 5.87. The molecule has 2 N–H and O–H groups in total. The molecule has 4 aliphatic rings. The second-order valence-electron chi connectivity index (χ2n) is 10.1. The van der Waals surface area contributed by atoms with Gasteiger partial charge < -0.3 is 20.1 Å². The van der Waals surface area contributed by atoms with Crippen LogP contribution in [0.2, 0.25) is 5.02 Å². The highest BCUT2D eigenvalue weighted by molar-refractivity contribution is 6.30. The molecule has 2 aromatic carbocycles. The SMILES string of the molecule is O=C(COc1ccccc1C(=O)NCCOc1ccc(Cl)cc1)NC12CC3CC(CC(C3)C1)C2. The number of hydrogen-bond donors (Lipinski definition) is 2. The Morgan fingerprint density at radius 1 is 0.912 bits per heavy atom. The van der Waals surface area contributed by atoms with E-state index in [0.29, 0.717) is 35.2 Å². The highest BCUT2D eigenvalue weighted by Crippen LogP contribution is 2.55. The molecule has 2 aromatic rings. The molecule has 0 spiro atoms. The van der Waals surface area contributed by atoms with Gasteiger partial charge in [0.05, 0.1) is 12.1 Å². The molecule has 6 rings (SSSR count). The van der Waals surface area contributed by atoms with Crippen LogP contribution in [0.25, 0.3) is 0 Å². The van der Waals surface area contributed by atoms with Crippen LogP contribution < -0.4 is 20.1 Å². The maximum Gasteiger partial charge on any atom is 0.258 e. The van der Waals surface area contributed by atoms with Crippen LogP contribution in [-0.4, -0.2) is 37.1 Å². The van der Waals surface area contributed by atoms with Crippen LogP contribution in [-0.2, 0) is 4.79 Å². The monoisotopic (exact) mass is 482 g/mol. The van der Waals surface area contributed by atoms with Crippen molar-refractivity contribution in [3.8, 4) is 11.5 Å². The number of para-hydroxylation sites is 1. The number of carbonyl (C=O) groups excluding carboxylic acids is 2. The van der Waals surface area contributed by atoms with Crippen molar-refractivity contribution in [1.29, 1.82) is 0 Å². The molecule has 6 nitrogen and oxygen atoms in total. The summed E-state index contributed by atoms with van der Waals surface area (Å²) in [7, 11) is 0. The quantitative estimate of drug-likeness (QED) is 0.511. The first kappa shape index (κ1) is 23.0. The summed E-state index contributed by atoms with van der Waals surface area (Å²) in [6.07, 6.45) is 7.29. The highest BCUT2D eigenvalue weighted by Gasteiger charge is 2.51. The van der Waals surface area contributed by atoms with E-state index in [1.807, 2.05) is 0 Å². The molecule has 34 heavy (non-hydrogen) atoms. The van der Waals surface area contributed by atoms with Crippen LogP contribution in [0.15, 0.2) is 48.5 Å². The van der Waals surface area contributed by atoms with E-state index in [1.54, 1.807) is 48.5 Å². The molecular weight excluding hydrogens is 452 g/mol. The number of amides is 2. The summed E-state index contributed by atoms with van der Waals surface area (Å²) in [4.78, 5) is 25.5. The summed E-state index contributed by atoms with van der Waals surface area (Å²) in [5.41, 5.74) is 0.354. The lowest BCUT2D eigenvalue weighted by atomic mass is 9.53. The van der Waals surface area contributed by atoms with Crippen LogP contribution in [0.5, 0.6) is 11.5 Å². The van der Waals surface area contributed by atoms with Crippen molar-refractivity contribution in [2.75, 3.05) is 19.8 Å². The van der Waals surface area contributed by atoms with Gasteiger partial charge in [-0.2, -0.15) is 0 Å². The number of carbonyl (C=O) groups is 2. The van der Waals surface area contributed by atoms with Gasteiger partial charge in [0.25, 0.3) is 11.8 Å². The van der Waals surface area contributed by atoms with Crippen LogP contribution in [0, 0.1) is 17.8 Å². The minimum absolute atomic E-state index is 0.0455. The Morgan fingerprint density at radius 3 is 2.24 bits per heavy atom. The molecular formula is C27H31ClN2O4. The molecule has 7 heteroatoms.